The Hall–Kier alpha value is -4.83. The van der Waals surface area contributed by atoms with Crippen molar-refractivity contribution in [3.05, 3.63) is 102 Å². The number of carbonyl (C=O) groups excluding carboxylic acids is 3. The monoisotopic (exact) mass is 609 g/mol. The number of aryl methyl sites for hydroxylation is 1. The number of carbonyl (C=O) groups is 3. The summed E-state index contributed by atoms with van der Waals surface area (Å²) < 4.78 is 5.77. The second kappa shape index (κ2) is 14.8. The molecule has 0 bridgehead atoms. The molecule has 0 unspecified atom stereocenters. The number of fused-ring (bicyclic) bond motifs is 1. The maximum Gasteiger partial charge on any atom is 0.264 e. The number of aliphatic hydroxyl groups excluding tert-OH is 1. The van der Waals surface area contributed by atoms with Crippen molar-refractivity contribution in [2.75, 3.05) is 13.1 Å². The Bertz CT molecular complexity index is 1600. The van der Waals surface area contributed by atoms with Gasteiger partial charge in [-0.25, -0.2) is 4.98 Å². The number of ketones is 2. The Morgan fingerprint density at radius 2 is 1.64 bits per heavy atom. The van der Waals surface area contributed by atoms with Crippen LogP contribution in [0.25, 0.3) is 11.1 Å². The van der Waals surface area contributed by atoms with Gasteiger partial charge >= 0.3 is 0 Å². The Balaban J connectivity index is 1.38. The van der Waals surface area contributed by atoms with Crippen LogP contribution in [0.2, 0.25) is 0 Å². The van der Waals surface area contributed by atoms with Gasteiger partial charge in [-0.15, -0.1) is 0 Å². The summed E-state index contributed by atoms with van der Waals surface area (Å²) >= 11 is 0. The first-order chi connectivity index (χ1) is 21.8. The molecule has 4 aromatic rings. The Labute approximate surface area is 262 Å². The van der Waals surface area contributed by atoms with Crippen LogP contribution in [0.15, 0.2) is 94.3 Å². The minimum absolute atomic E-state index is 0.0514. The minimum atomic E-state index is -1.26. The number of nitrogens with two attached hydrogens (primary N) is 2. The van der Waals surface area contributed by atoms with E-state index in [9.17, 15) is 19.5 Å². The molecule has 1 fully saturated rings. The van der Waals surface area contributed by atoms with Crippen LogP contribution in [0.3, 0.4) is 0 Å². The normalized spacial score (nSPS) is 17.6. The topological polar surface area (TPSA) is 165 Å². The number of rotatable bonds is 14. The molecule has 1 aliphatic heterocycles. The smallest absolute Gasteiger partial charge is 0.264 e. The lowest BCUT2D eigenvalue weighted by molar-refractivity contribution is -0.145. The van der Waals surface area contributed by atoms with Gasteiger partial charge in [0.05, 0.1) is 6.04 Å². The van der Waals surface area contributed by atoms with Crippen LogP contribution in [-0.4, -0.2) is 63.7 Å². The van der Waals surface area contributed by atoms with Gasteiger partial charge in [-0.3, -0.25) is 19.4 Å². The minimum Gasteiger partial charge on any atom is -0.434 e. The number of nitrogens with zero attached hydrogens (tertiary/aromatic N) is 3. The third kappa shape index (κ3) is 7.82. The van der Waals surface area contributed by atoms with Gasteiger partial charge in [-0.2, -0.15) is 0 Å². The maximum atomic E-state index is 14.3. The molecule has 5 rings (SSSR count). The second-order valence-corrected chi connectivity index (χ2v) is 11.5. The van der Waals surface area contributed by atoms with E-state index in [1.807, 2.05) is 60.7 Å². The van der Waals surface area contributed by atoms with Gasteiger partial charge in [0.2, 0.25) is 5.78 Å². The van der Waals surface area contributed by atoms with Gasteiger partial charge in [0.1, 0.15) is 11.6 Å². The van der Waals surface area contributed by atoms with Crippen molar-refractivity contribution >= 4 is 34.5 Å². The van der Waals surface area contributed by atoms with Crippen LogP contribution in [0.5, 0.6) is 0 Å². The summed E-state index contributed by atoms with van der Waals surface area (Å²) in [6.07, 6.45) is 0.709. The lowest BCUT2D eigenvalue weighted by atomic mass is 9.84. The molecule has 4 atom stereocenters. The molecule has 3 aromatic carbocycles. The van der Waals surface area contributed by atoms with Crippen molar-refractivity contribution in [2.45, 2.75) is 56.6 Å². The number of aromatic nitrogens is 1. The number of guanidine groups is 1. The summed E-state index contributed by atoms with van der Waals surface area (Å²) in [7, 11) is 0. The van der Waals surface area contributed by atoms with E-state index in [1.165, 1.54) is 4.90 Å². The lowest BCUT2D eigenvalue weighted by Gasteiger charge is -2.30. The standard InChI is InChI=1S/C35H39N5O5/c36-35(37)38-20-9-14-25(32(43)33-39-27-15-7-8-16-30(27)45-33)22-29(42)31-26(24-12-5-2-6-13-24)19-21-40(31)34(44)28(41)18-17-23-10-3-1-4-11-23/h1-8,10-13,15-16,25-26,28,31,41H,9,14,17-22H2,(H4,36,37,38)/t25-,26-,28-,31+/m1/s1. The van der Waals surface area contributed by atoms with Crippen molar-refractivity contribution in [1.82, 2.24) is 9.88 Å². The van der Waals surface area contributed by atoms with E-state index in [2.05, 4.69) is 9.98 Å². The molecule has 5 N–H and O–H groups in total. The van der Waals surface area contributed by atoms with Gasteiger partial charge in [-0.1, -0.05) is 72.8 Å². The molecule has 1 aliphatic rings. The molecular formula is C35H39N5O5. The predicted octanol–water partition coefficient (Wildman–Crippen LogP) is 4.02. The molecule has 10 heteroatoms. The highest BCUT2D eigenvalue weighted by molar-refractivity contribution is 6.00. The molecule has 234 valence electrons. The third-order valence-corrected chi connectivity index (χ3v) is 8.40. The van der Waals surface area contributed by atoms with Crippen LogP contribution >= 0.6 is 0 Å². The average Bonchev–Trinajstić information content (AvgIpc) is 3.70. The van der Waals surface area contributed by atoms with Gasteiger partial charge in [0, 0.05) is 31.3 Å². The summed E-state index contributed by atoms with van der Waals surface area (Å²) in [5.74, 6) is -2.27. The number of oxazole rings is 1. The molecule has 1 amide bonds. The van der Waals surface area contributed by atoms with Crippen LogP contribution in [0.4, 0.5) is 0 Å². The number of likely N-dealkylation sites (tertiary alicyclic amines) is 1. The number of benzene rings is 3. The van der Waals surface area contributed by atoms with Gasteiger partial charge < -0.3 is 25.9 Å². The summed E-state index contributed by atoms with van der Waals surface area (Å²) in [5, 5.41) is 11.0. The quantitative estimate of drug-likeness (QED) is 0.0835. The molecular weight excluding hydrogens is 570 g/mol. The third-order valence-electron chi connectivity index (χ3n) is 8.40. The molecule has 0 spiro atoms. The SMILES string of the molecule is NC(N)=NCCC[C@H](CC(=O)[C@@H]1[C@@H](c2ccccc2)CCN1C(=O)[C@H](O)CCc1ccccc1)C(=O)c1nc2ccccc2o1. The van der Waals surface area contributed by atoms with Gasteiger partial charge in [0.25, 0.3) is 11.8 Å². The first-order valence-corrected chi connectivity index (χ1v) is 15.4. The zero-order valence-electron chi connectivity index (χ0n) is 25.1. The molecule has 0 aliphatic carbocycles. The average molecular weight is 610 g/mol. The van der Waals surface area contributed by atoms with E-state index in [0.717, 1.165) is 11.1 Å². The Morgan fingerprint density at radius 3 is 2.36 bits per heavy atom. The first-order valence-electron chi connectivity index (χ1n) is 15.4. The van der Waals surface area contributed by atoms with Crippen LogP contribution < -0.4 is 11.5 Å². The summed E-state index contributed by atoms with van der Waals surface area (Å²) in [6.45, 7) is 0.619. The fourth-order valence-electron chi connectivity index (χ4n) is 6.14. The molecule has 0 radical (unpaired) electrons. The number of aliphatic hydroxyl groups is 1. The van der Waals surface area contributed by atoms with E-state index >= 15 is 0 Å². The largest absolute Gasteiger partial charge is 0.434 e. The molecule has 10 nitrogen and oxygen atoms in total. The summed E-state index contributed by atoms with van der Waals surface area (Å²) in [6, 6.07) is 25.5. The van der Waals surface area contributed by atoms with Crippen molar-refractivity contribution in [3.8, 4) is 0 Å². The molecule has 1 aromatic heterocycles. The zero-order chi connectivity index (χ0) is 31.8. The first kappa shape index (κ1) is 31.6. The van der Waals surface area contributed by atoms with Crippen molar-refractivity contribution in [2.24, 2.45) is 22.4 Å². The van der Waals surface area contributed by atoms with Crippen LogP contribution in [-0.2, 0) is 16.0 Å². The number of aliphatic imine (C=N–C) groups is 1. The number of Topliss-reactive ketones (excluding diaryl/α,β-unsaturated/α-hetero) is 2. The van der Waals surface area contributed by atoms with E-state index in [0.29, 0.717) is 49.9 Å². The van der Waals surface area contributed by atoms with Gasteiger partial charge in [-0.05, 0) is 55.4 Å². The number of para-hydroxylation sites is 2. The lowest BCUT2D eigenvalue weighted by Crippen LogP contribution is -2.47. The van der Waals surface area contributed by atoms with Crippen molar-refractivity contribution < 1.29 is 23.9 Å². The van der Waals surface area contributed by atoms with Crippen LogP contribution in [0.1, 0.15) is 59.8 Å². The number of hydrogen-bond acceptors (Lipinski definition) is 7. The summed E-state index contributed by atoms with van der Waals surface area (Å²) in [4.78, 5) is 51.6. The van der Waals surface area contributed by atoms with Crippen molar-refractivity contribution in [1.29, 1.82) is 0 Å². The van der Waals surface area contributed by atoms with Gasteiger partial charge in [0.15, 0.2) is 17.3 Å². The van der Waals surface area contributed by atoms with E-state index < -0.39 is 24.0 Å². The summed E-state index contributed by atoms with van der Waals surface area (Å²) in [5.41, 5.74) is 13.9. The molecule has 0 saturated carbocycles. The second-order valence-electron chi connectivity index (χ2n) is 11.5. The highest BCUT2D eigenvalue weighted by Crippen LogP contribution is 2.36. The number of amides is 1. The zero-order valence-corrected chi connectivity index (χ0v) is 25.1. The fraction of sp³-hybridized carbons (Fsp3) is 0.343. The van der Waals surface area contributed by atoms with E-state index in [-0.39, 0.29) is 42.2 Å². The van der Waals surface area contributed by atoms with Crippen LogP contribution in [0, 0.1) is 5.92 Å². The molecule has 1 saturated heterocycles. The highest BCUT2D eigenvalue weighted by Gasteiger charge is 2.44. The Morgan fingerprint density at radius 1 is 0.956 bits per heavy atom. The van der Waals surface area contributed by atoms with E-state index in [1.54, 1.807) is 24.3 Å². The maximum absolute atomic E-state index is 14.3. The van der Waals surface area contributed by atoms with Crippen molar-refractivity contribution in [3.63, 3.8) is 0 Å². The fourth-order valence-corrected chi connectivity index (χ4v) is 6.14. The Kier molecular flexibility index (Phi) is 10.4. The molecule has 45 heavy (non-hydrogen) atoms. The highest BCUT2D eigenvalue weighted by atomic mass is 16.4. The predicted molar refractivity (Wildman–Crippen MR) is 171 cm³/mol. The van der Waals surface area contributed by atoms with E-state index in [4.69, 9.17) is 15.9 Å². The molecule has 2 heterocycles. The number of hydrogen-bond donors (Lipinski definition) is 3.